The standard InChI is InChI=1S/C26H41N4O6PS2Si/c1-15(2)16-9-10-26(6)18(11-16)35-37(38,39-26)36-21-17(12-33-40(7,8)25(3,4)5)34-24(20(21)31)30-14-29-19-22(30)27-13-28-23(19)32/h13-14,16-18,20-21,24,31H,1,9-12H2,2-8H3,(H,27,28,32)/t16-,17+,18+,20+,21+,24+,26+,37-/m0/s1. The molecular formula is C26H41N4O6PS2Si. The number of nitrogens with zero attached hydrogens (tertiary/aromatic N) is 3. The number of rotatable bonds is 7. The molecule has 0 spiro atoms. The van der Waals surface area contributed by atoms with E-state index in [-0.39, 0.29) is 33.6 Å². The van der Waals surface area contributed by atoms with Crippen LogP contribution >= 0.6 is 17.1 Å². The summed E-state index contributed by atoms with van der Waals surface area (Å²) in [6.45, 7) is 19.5. The van der Waals surface area contributed by atoms with Gasteiger partial charge in [0, 0.05) is 4.75 Å². The molecule has 2 aromatic rings. The molecule has 2 saturated heterocycles. The van der Waals surface area contributed by atoms with Gasteiger partial charge in [-0.3, -0.25) is 9.36 Å². The van der Waals surface area contributed by atoms with Crippen molar-refractivity contribution in [2.24, 2.45) is 5.92 Å². The van der Waals surface area contributed by atoms with Gasteiger partial charge in [-0.25, -0.2) is 9.97 Å². The summed E-state index contributed by atoms with van der Waals surface area (Å²) < 4.78 is 27.6. The van der Waals surface area contributed by atoms with Crippen LogP contribution in [-0.4, -0.2) is 68.7 Å². The molecule has 0 aromatic carbocycles. The Morgan fingerprint density at radius 1 is 1.43 bits per heavy atom. The third-order valence-corrected chi connectivity index (χ3v) is 19.3. The number of fused-ring (bicyclic) bond motifs is 2. The lowest BCUT2D eigenvalue weighted by Gasteiger charge is -2.37. The molecule has 14 heteroatoms. The molecule has 0 amide bonds. The third kappa shape index (κ3) is 5.58. The van der Waals surface area contributed by atoms with E-state index in [1.807, 2.05) is 0 Å². The maximum absolute atomic E-state index is 12.3. The molecule has 3 fully saturated rings. The molecule has 2 aromatic heterocycles. The quantitative estimate of drug-likeness (QED) is 0.238. The zero-order valence-corrected chi connectivity index (χ0v) is 27.8. The van der Waals surface area contributed by atoms with E-state index in [0.29, 0.717) is 11.6 Å². The third-order valence-electron chi connectivity index (χ3n) is 9.06. The van der Waals surface area contributed by atoms with Crippen LogP contribution < -0.4 is 5.56 Å². The first-order valence-corrected chi connectivity index (χ1v) is 20.7. The van der Waals surface area contributed by atoms with Crippen LogP contribution in [0.25, 0.3) is 11.2 Å². The van der Waals surface area contributed by atoms with Crippen molar-refractivity contribution in [2.75, 3.05) is 6.61 Å². The fourth-order valence-electron chi connectivity index (χ4n) is 5.35. The highest BCUT2D eigenvalue weighted by Crippen LogP contribution is 2.76. The Morgan fingerprint density at radius 2 is 2.15 bits per heavy atom. The molecule has 0 bridgehead atoms. The van der Waals surface area contributed by atoms with Crippen LogP contribution in [0, 0.1) is 5.92 Å². The lowest BCUT2D eigenvalue weighted by Crippen LogP contribution is -2.45. The summed E-state index contributed by atoms with van der Waals surface area (Å²) in [5, 5.41) is 11.7. The summed E-state index contributed by atoms with van der Waals surface area (Å²) in [7, 11) is -2.14. The number of aliphatic hydroxyl groups excluding tert-OH is 1. The van der Waals surface area contributed by atoms with Gasteiger partial charge in [-0.05, 0) is 69.0 Å². The number of H-pyrrole nitrogens is 1. The molecule has 0 radical (unpaired) electrons. The molecule has 8 atom stereocenters. The van der Waals surface area contributed by atoms with E-state index in [1.165, 1.54) is 18.2 Å². The first-order chi connectivity index (χ1) is 18.5. The molecule has 0 unspecified atom stereocenters. The summed E-state index contributed by atoms with van der Waals surface area (Å²) in [4.78, 5) is 23.3. The first-order valence-electron chi connectivity index (χ1n) is 13.7. The average molecular weight is 629 g/mol. The van der Waals surface area contributed by atoms with E-state index in [2.05, 4.69) is 69.2 Å². The number of ether oxygens (including phenoxy) is 1. The van der Waals surface area contributed by atoms with Crippen LogP contribution in [0.5, 0.6) is 0 Å². The summed E-state index contributed by atoms with van der Waals surface area (Å²) in [6, 6.07) is 0. The molecule has 3 aliphatic rings. The molecule has 2 N–H and O–H groups in total. The molecule has 5 rings (SSSR count). The van der Waals surface area contributed by atoms with Gasteiger partial charge in [-0.1, -0.05) is 44.3 Å². The zero-order valence-electron chi connectivity index (χ0n) is 24.2. The Morgan fingerprint density at radius 3 is 2.83 bits per heavy atom. The number of aliphatic hydroxyl groups is 1. The fourth-order valence-corrected chi connectivity index (χ4v) is 13.9. The lowest BCUT2D eigenvalue weighted by molar-refractivity contribution is -0.0485. The van der Waals surface area contributed by atoms with Gasteiger partial charge in [-0.15, -0.1) is 0 Å². The van der Waals surface area contributed by atoms with Crippen molar-refractivity contribution in [3.63, 3.8) is 0 Å². The predicted octanol–water partition coefficient (Wildman–Crippen LogP) is 5.28. The Kier molecular flexibility index (Phi) is 8.16. The van der Waals surface area contributed by atoms with Crippen LogP contribution in [0.4, 0.5) is 0 Å². The Hall–Kier alpha value is -0.893. The normalized spacial score (nSPS) is 36.7. The predicted molar refractivity (Wildman–Crippen MR) is 163 cm³/mol. The maximum Gasteiger partial charge on any atom is 0.278 e. The largest absolute Gasteiger partial charge is 0.414 e. The summed E-state index contributed by atoms with van der Waals surface area (Å²) in [5.41, 5.74) is -1.55. The molecule has 222 valence electrons. The van der Waals surface area contributed by atoms with E-state index in [9.17, 15) is 9.90 Å². The maximum atomic E-state index is 12.3. The highest BCUT2D eigenvalue weighted by atomic mass is 32.9. The van der Waals surface area contributed by atoms with Crippen LogP contribution in [-0.2, 0) is 30.0 Å². The minimum Gasteiger partial charge on any atom is -0.414 e. The SMILES string of the molecule is C=C(C)[C@H]1CC[C@@]2(C)S[P@](=S)(O[C@H]3[C@@H](O)[C@H](n4cnc5c(=O)[nH]cnc54)O[C@@H]3CO[Si](C)(C)C(C)(C)C)O[C@@H]2C1. The van der Waals surface area contributed by atoms with Gasteiger partial charge < -0.3 is 28.3 Å². The minimum atomic E-state index is -2.84. The summed E-state index contributed by atoms with van der Waals surface area (Å²) >= 11 is 7.69. The lowest BCUT2D eigenvalue weighted by atomic mass is 9.77. The van der Waals surface area contributed by atoms with Crippen molar-refractivity contribution < 1.29 is 23.3 Å². The van der Waals surface area contributed by atoms with Crippen molar-refractivity contribution in [1.29, 1.82) is 0 Å². The second-order valence-corrected chi connectivity index (χ2v) is 24.4. The van der Waals surface area contributed by atoms with Gasteiger partial charge in [0.2, 0.25) is 5.69 Å². The van der Waals surface area contributed by atoms with E-state index < -0.39 is 38.6 Å². The molecule has 1 saturated carbocycles. The molecule has 40 heavy (non-hydrogen) atoms. The number of hydrogen-bond donors (Lipinski definition) is 2. The summed E-state index contributed by atoms with van der Waals surface area (Å²) in [5.74, 6) is 0.404. The monoisotopic (exact) mass is 628 g/mol. The van der Waals surface area contributed by atoms with Crippen molar-refractivity contribution in [3.8, 4) is 0 Å². The highest BCUT2D eigenvalue weighted by molar-refractivity contribution is 8.68. The van der Waals surface area contributed by atoms with Gasteiger partial charge >= 0.3 is 0 Å². The average Bonchev–Trinajstić information content (AvgIpc) is 3.48. The fraction of sp³-hybridized carbons (Fsp3) is 0.731. The van der Waals surface area contributed by atoms with Gasteiger partial charge in [0.05, 0.1) is 25.4 Å². The molecule has 10 nitrogen and oxygen atoms in total. The Bertz CT molecular complexity index is 1400. The number of aromatic nitrogens is 4. The van der Waals surface area contributed by atoms with Crippen LogP contribution in [0.15, 0.2) is 29.6 Å². The molecule has 4 heterocycles. The van der Waals surface area contributed by atoms with Gasteiger partial charge in [0.25, 0.3) is 5.56 Å². The smallest absolute Gasteiger partial charge is 0.278 e. The van der Waals surface area contributed by atoms with Crippen molar-refractivity contribution in [1.82, 2.24) is 19.5 Å². The summed E-state index contributed by atoms with van der Waals surface area (Å²) in [6.07, 6.45) is 2.19. The molecule has 2 aliphatic heterocycles. The minimum absolute atomic E-state index is 0.00770. The van der Waals surface area contributed by atoms with Crippen molar-refractivity contribution in [2.45, 2.75) is 107 Å². The van der Waals surface area contributed by atoms with Gasteiger partial charge in [-0.2, -0.15) is 0 Å². The van der Waals surface area contributed by atoms with Crippen LogP contribution in [0.1, 0.15) is 60.1 Å². The first kappa shape index (κ1) is 30.6. The van der Waals surface area contributed by atoms with Crippen LogP contribution in [0.3, 0.4) is 0 Å². The zero-order chi connectivity index (χ0) is 29.3. The Balaban J connectivity index is 1.42. The number of hydrogen-bond acceptors (Lipinski definition) is 10. The van der Waals surface area contributed by atoms with E-state index >= 15 is 0 Å². The van der Waals surface area contributed by atoms with Crippen molar-refractivity contribution >= 4 is 48.4 Å². The van der Waals surface area contributed by atoms with Crippen molar-refractivity contribution in [3.05, 3.63) is 35.2 Å². The van der Waals surface area contributed by atoms with Gasteiger partial charge in [0.1, 0.15) is 18.3 Å². The second kappa shape index (κ2) is 10.7. The Labute approximate surface area is 245 Å². The van der Waals surface area contributed by atoms with E-state index in [4.69, 9.17) is 30.0 Å². The number of aromatic amines is 1. The van der Waals surface area contributed by atoms with E-state index in [1.54, 1.807) is 15.9 Å². The highest BCUT2D eigenvalue weighted by Gasteiger charge is 2.57. The van der Waals surface area contributed by atoms with Crippen LogP contribution in [0.2, 0.25) is 18.1 Å². The number of imidazole rings is 1. The number of allylic oxidation sites excluding steroid dienone is 1. The number of nitrogens with one attached hydrogen (secondary N) is 1. The molecular weight excluding hydrogens is 588 g/mol. The van der Waals surface area contributed by atoms with Gasteiger partial charge in [0.15, 0.2) is 25.7 Å². The second-order valence-electron chi connectivity index (χ2n) is 13.0. The van der Waals surface area contributed by atoms with E-state index in [0.717, 1.165) is 19.3 Å². The topological polar surface area (TPSA) is 121 Å². The molecule has 1 aliphatic carbocycles.